The Morgan fingerprint density at radius 2 is 2.05 bits per heavy atom. The van der Waals surface area contributed by atoms with Crippen LogP contribution in [0.2, 0.25) is 0 Å². The van der Waals surface area contributed by atoms with Crippen LogP contribution < -0.4 is 10.6 Å². The summed E-state index contributed by atoms with van der Waals surface area (Å²) in [6.45, 7) is 4.19. The minimum atomic E-state index is -0.724. The lowest BCUT2D eigenvalue weighted by molar-refractivity contribution is -0.0131. The topological polar surface area (TPSA) is 57.2 Å². The van der Waals surface area contributed by atoms with E-state index in [1.54, 1.807) is 0 Å². The van der Waals surface area contributed by atoms with Gasteiger partial charge in [0.05, 0.1) is 5.69 Å². The molecule has 1 atom stereocenters. The second-order valence-electron chi connectivity index (χ2n) is 6.33. The highest BCUT2D eigenvalue weighted by molar-refractivity contribution is 5.17. The van der Waals surface area contributed by atoms with Crippen molar-refractivity contribution in [2.24, 2.45) is 0 Å². The summed E-state index contributed by atoms with van der Waals surface area (Å²) in [5.74, 6) is 0. The molecule has 0 amide bonds. The molecule has 0 radical (unpaired) electrons. The van der Waals surface area contributed by atoms with Crippen LogP contribution >= 0.6 is 0 Å². The van der Waals surface area contributed by atoms with E-state index in [2.05, 4.69) is 15.6 Å². The third-order valence-corrected chi connectivity index (χ3v) is 4.71. The van der Waals surface area contributed by atoms with Crippen molar-refractivity contribution in [3.8, 4) is 0 Å². The Morgan fingerprint density at radius 3 is 2.70 bits per heavy atom. The van der Waals surface area contributed by atoms with E-state index in [4.69, 9.17) is 0 Å². The van der Waals surface area contributed by atoms with Gasteiger partial charge in [0.2, 0.25) is 0 Å². The third kappa shape index (κ3) is 3.03. The Bertz CT molecular complexity index is 449. The maximum atomic E-state index is 10.8. The molecule has 2 fully saturated rings. The predicted molar refractivity (Wildman–Crippen MR) is 79.5 cm³/mol. The van der Waals surface area contributed by atoms with E-state index < -0.39 is 5.60 Å². The van der Waals surface area contributed by atoms with E-state index in [0.717, 1.165) is 50.2 Å². The zero-order valence-corrected chi connectivity index (χ0v) is 12.2. The van der Waals surface area contributed by atoms with Crippen molar-refractivity contribution >= 4 is 0 Å². The first kappa shape index (κ1) is 14.0. The highest BCUT2D eigenvalue weighted by Gasteiger charge is 2.36. The molecule has 1 aromatic rings. The molecule has 1 aromatic heterocycles. The lowest BCUT2D eigenvalue weighted by atomic mass is 9.79. The molecule has 0 spiro atoms. The summed E-state index contributed by atoms with van der Waals surface area (Å²) in [6, 6.07) is 7.09. The maximum Gasteiger partial charge on any atom is 0.107 e. The molecule has 0 unspecified atom stereocenters. The molecular weight excluding hydrogens is 250 g/mol. The molecule has 0 aromatic carbocycles. The smallest absolute Gasteiger partial charge is 0.107 e. The van der Waals surface area contributed by atoms with Crippen molar-refractivity contribution in [3.63, 3.8) is 0 Å². The molecule has 1 aliphatic carbocycles. The number of hydrogen-bond donors (Lipinski definition) is 3. The maximum absolute atomic E-state index is 10.8. The van der Waals surface area contributed by atoms with Crippen LogP contribution in [0.4, 0.5) is 0 Å². The summed E-state index contributed by atoms with van der Waals surface area (Å²) in [6.07, 6.45) is 4.90. The molecule has 20 heavy (non-hydrogen) atoms. The molecule has 110 valence electrons. The van der Waals surface area contributed by atoms with Crippen LogP contribution in [0.1, 0.15) is 43.5 Å². The van der Waals surface area contributed by atoms with Crippen LogP contribution in [-0.2, 0) is 5.60 Å². The van der Waals surface area contributed by atoms with Gasteiger partial charge in [-0.25, -0.2) is 0 Å². The second kappa shape index (κ2) is 5.80. The first-order valence-corrected chi connectivity index (χ1v) is 7.79. The Balaban J connectivity index is 1.59. The van der Waals surface area contributed by atoms with E-state index in [1.165, 1.54) is 6.42 Å². The zero-order chi connectivity index (χ0) is 14.0. The van der Waals surface area contributed by atoms with Gasteiger partial charge < -0.3 is 15.7 Å². The molecule has 1 saturated carbocycles. The Labute approximate surface area is 121 Å². The highest BCUT2D eigenvalue weighted by Crippen LogP contribution is 2.36. The highest BCUT2D eigenvalue weighted by atomic mass is 16.3. The third-order valence-electron chi connectivity index (χ3n) is 4.71. The van der Waals surface area contributed by atoms with Crippen molar-refractivity contribution in [2.75, 3.05) is 13.1 Å². The van der Waals surface area contributed by atoms with Crippen LogP contribution in [0, 0.1) is 6.92 Å². The van der Waals surface area contributed by atoms with Crippen molar-refractivity contribution in [3.05, 3.63) is 29.6 Å². The van der Waals surface area contributed by atoms with Crippen molar-refractivity contribution in [2.45, 2.75) is 56.7 Å². The van der Waals surface area contributed by atoms with Crippen molar-refractivity contribution in [1.29, 1.82) is 0 Å². The number of nitrogens with zero attached hydrogens (tertiary/aromatic N) is 1. The van der Waals surface area contributed by atoms with Gasteiger partial charge in [0.1, 0.15) is 5.60 Å². The number of rotatable bonds is 3. The van der Waals surface area contributed by atoms with Crippen LogP contribution in [0.3, 0.4) is 0 Å². The van der Waals surface area contributed by atoms with E-state index in [1.807, 2.05) is 25.1 Å². The summed E-state index contributed by atoms with van der Waals surface area (Å²) in [5, 5.41) is 18.0. The summed E-state index contributed by atoms with van der Waals surface area (Å²) < 4.78 is 0. The SMILES string of the molecule is Cc1cccc(C2(O)CCC(N[C@H]3CCNC3)CC2)n1. The molecule has 1 saturated heterocycles. The number of nitrogens with one attached hydrogen (secondary N) is 2. The molecule has 0 bridgehead atoms. The van der Waals surface area contributed by atoms with Crippen LogP contribution in [0.25, 0.3) is 0 Å². The fraction of sp³-hybridized carbons (Fsp3) is 0.688. The average Bonchev–Trinajstić information content (AvgIpc) is 2.95. The molecule has 3 N–H and O–H groups in total. The summed E-state index contributed by atoms with van der Waals surface area (Å²) >= 11 is 0. The Hall–Kier alpha value is -0.970. The fourth-order valence-corrected chi connectivity index (χ4v) is 3.45. The van der Waals surface area contributed by atoms with Gasteiger partial charge in [0, 0.05) is 24.3 Å². The lowest BCUT2D eigenvalue weighted by Crippen LogP contribution is -2.45. The number of hydrogen-bond acceptors (Lipinski definition) is 4. The van der Waals surface area contributed by atoms with E-state index in [-0.39, 0.29) is 0 Å². The molecule has 2 aliphatic rings. The first-order chi connectivity index (χ1) is 9.66. The number of aliphatic hydroxyl groups is 1. The van der Waals surface area contributed by atoms with Crippen molar-refractivity contribution in [1.82, 2.24) is 15.6 Å². The number of aryl methyl sites for hydroxylation is 1. The minimum Gasteiger partial charge on any atom is -0.384 e. The van der Waals surface area contributed by atoms with Crippen molar-refractivity contribution < 1.29 is 5.11 Å². The minimum absolute atomic E-state index is 0.546. The standard InChI is InChI=1S/C16H25N3O/c1-12-3-2-4-15(18-12)16(20)8-5-13(6-9-16)19-14-7-10-17-11-14/h2-4,13-14,17,19-20H,5-11H2,1H3/t13?,14-,16?/m0/s1. The van der Waals surface area contributed by atoms with Gasteiger partial charge in [-0.1, -0.05) is 6.07 Å². The number of pyridine rings is 1. The first-order valence-electron chi connectivity index (χ1n) is 7.79. The summed E-state index contributed by atoms with van der Waals surface area (Å²) in [5.41, 5.74) is 1.10. The molecule has 4 heteroatoms. The van der Waals surface area contributed by atoms with Gasteiger partial charge in [0.15, 0.2) is 0 Å². The number of aromatic nitrogens is 1. The van der Waals surface area contributed by atoms with Crippen LogP contribution in [0.15, 0.2) is 18.2 Å². The largest absolute Gasteiger partial charge is 0.384 e. The summed E-state index contributed by atoms with van der Waals surface area (Å²) in [4.78, 5) is 4.52. The van der Waals surface area contributed by atoms with Gasteiger partial charge >= 0.3 is 0 Å². The Kier molecular flexibility index (Phi) is 4.06. The van der Waals surface area contributed by atoms with Gasteiger partial charge in [-0.3, -0.25) is 4.98 Å². The van der Waals surface area contributed by atoms with Gasteiger partial charge in [-0.05, 0) is 57.7 Å². The van der Waals surface area contributed by atoms with Gasteiger partial charge in [-0.2, -0.15) is 0 Å². The Morgan fingerprint density at radius 1 is 1.25 bits per heavy atom. The average molecular weight is 275 g/mol. The van der Waals surface area contributed by atoms with Gasteiger partial charge in [-0.15, -0.1) is 0 Å². The molecule has 4 nitrogen and oxygen atoms in total. The predicted octanol–water partition coefficient (Wildman–Crippen LogP) is 1.47. The van der Waals surface area contributed by atoms with E-state index in [0.29, 0.717) is 12.1 Å². The monoisotopic (exact) mass is 275 g/mol. The molecule has 1 aliphatic heterocycles. The summed E-state index contributed by atoms with van der Waals surface area (Å²) in [7, 11) is 0. The molecular formula is C16H25N3O. The second-order valence-corrected chi connectivity index (χ2v) is 6.33. The zero-order valence-electron chi connectivity index (χ0n) is 12.2. The van der Waals surface area contributed by atoms with E-state index >= 15 is 0 Å². The van der Waals surface area contributed by atoms with Gasteiger partial charge in [0.25, 0.3) is 0 Å². The van der Waals surface area contributed by atoms with Crippen LogP contribution in [-0.4, -0.2) is 35.3 Å². The normalized spacial score (nSPS) is 34.3. The lowest BCUT2D eigenvalue weighted by Gasteiger charge is -2.37. The fourth-order valence-electron chi connectivity index (χ4n) is 3.45. The molecule has 2 heterocycles. The molecule has 3 rings (SSSR count). The quantitative estimate of drug-likeness (QED) is 0.782. The van der Waals surface area contributed by atoms with E-state index in [9.17, 15) is 5.11 Å². The van der Waals surface area contributed by atoms with Crippen LogP contribution in [0.5, 0.6) is 0 Å².